The Hall–Kier alpha value is -1.85. The van der Waals surface area contributed by atoms with Crippen LogP contribution in [0.2, 0.25) is 0 Å². The number of fused-ring (bicyclic) bond motifs is 1. The minimum absolute atomic E-state index is 0.00799. The zero-order valence-corrected chi connectivity index (χ0v) is 10.6. The Morgan fingerprint density at radius 3 is 2.89 bits per heavy atom. The molecule has 1 aromatic carbocycles. The SMILES string of the molecule is Cc1[nH]c2ccccc2c1COCC(=O)N(C)N. The minimum atomic E-state index is -0.243. The van der Waals surface area contributed by atoms with Gasteiger partial charge in [0.05, 0.1) is 6.61 Å². The van der Waals surface area contributed by atoms with Crippen LogP contribution in [0.25, 0.3) is 10.9 Å². The number of likely N-dealkylation sites (N-methyl/N-ethyl adjacent to an activating group) is 1. The maximum atomic E-state index is 11.3. The number of carbonyl (C=O) groups excluding carboxylic acids is 1. The van der Waals surface area contributed by atoms with Crippen LogP contribution >= 0.6 is 0 Å². The zero-order chi connectivity index (χ0) is 13.1. The van der Waals surface area contributed by atoms with Gasteiger partial charge in [0.1, 0.15) is 6.61 Å². The first kappa shape index (κ1) is 12.6. The second-order valence-corrected chi connectivity index (χ2v) is 4.27. The number of nitrogens with zero attached hydrogens (tertiary/aromatic N) is 1. The monoisotopic (exact) mass is 247 g/mol. The standard InChI is InChI=1S/C13H17N3O2/c1-9-11(7-18-8-13(17)16(2)14)10-5-3-4-6-12(10)15-9/h3-6,15H,7-8,14H2,1-2H3. The quantitative estimate of drug-likeness (QED) is 0.486. The lowest BCUT2D eigenvalue weighted by molar-refractivity contribution is -0.135. The number of H-pyrrole nitrogens is 1. The van der Waals surface area contributed by atoms with Crippen LogP contribution in [0, 0.1) is 6.92 Å². The largest absolute Gasteiger partial charge is 0.367 e. The van der Waals surface area contributed by atoms with Gasteiger partial charge in [-0.3, -0.25) is 9.80 Å². The Balaban J connectivity index is 2.08. The van der Waals surface area contributed by atoms with Gasteiger partial charge in [-0.1, -0.05) is 18.2 Å². The van der Waals surface area contributed by atoms with Gasteiger partial charge in [0.2, 0.25) is 0 Å². The molecule has 5 heteroatoms. The van der Waals surface area contributed by atoms with Gasteiger partial charge in [-0.15, -0.1) is 0 Å². The minimum Gasteiger partial charge on any atom is -0.367 e. The molecule has 18 heavy (non-hydrogen) atoms. The number of hydrogen-bond donors (Lipinski definition) is 2. The lowest BCUT2D eigenvalue weighted by Gasteiger charge is -2.10. The summed E-state index contributed by atoms with van der Waals surface area (Å²) in [4.78, 5) is 14.6. The molecule has 0 fully saturated rings. The Morgan fingerprint density at radius 1 is 1.44 bits per heavy atom. The van der Waals surface area contributed by atoms with Crippen LogP contribution in [-0.2, 0) is 16.1 Å². The number of amides is 1. The summed E-state index contributed by atoms with van der Waals surface area (Å²) in [6, 6.07) is 8.02. The molecule has 3 N–H and O–H groups in total. The van der Waals surface area contributed by atoms with Gasteiger partial charge < -0.3 is 9.72 Å². The van der Waals surface area contributed by atoms with E-state index in [1.165, 1.54) is 7.05 Å². The fraction of sp³-hybridized carbons (Fsp3) is 0.308. The number of benzene rings is 1. The van der Waals surface area contributed by atoms with Crippen molar-refractivity contribution in [3.63, 3.8) is 0 Å². The summed E-state index contributed by atoms with van der Waals surface area (Å²) in [7, 11) is 1.50. The third kappa shape index (κ3) is 2.52. The molecule has 0 aliphatic heterocycles. The molecule has 0 saturated carbocycles. The van der Waals surface area contributed by atoms with Crippen molar-refractivity contribution in [3.8, 4) is 0 Å². The first-order valence-corrected chi connectivity index (χ1v) is 5.74. The van der Waals surface area contributed by atoms with Crippen LogP contribution in [0.3, 0.4) is 0 Å². The van der Waals surface area contributed by atoms with E-state index in [2.05, 4.69) is 4.98 Å². The van der Waals surface area contributed by atoms with Crippen molar-refractivity contribution in [2.24, 2.45) is 5.84 Å². The Kier molecular flexibility index (Phi) is 3.64. The first-order valence-electron chi connectivity index (χ1n) is 5.74. The number of nitrogens with two attached hydrogens (primary N) is 1. The van der Waals surface area contributed by atoms with Crippen molar-refractivity contribution in [1.29, 1.82) is 0 Å². The second-order valence-electron chi connectivity index (χ2n) is 4.27. The average Bonchev–Trinajstić information content (AvgIpc) is 2.65. The highest BCUT2D eigenvalue weighted by atomic mass is 16.5. The fourth-order valence-corrected chi connectivity index (χ4v) is 1.86. The number of para-hydroxylation sites is 1. The summed E-state index contributed by atoms with van der Waals surface area (Å²) in [6.07, 6.45) is 0. The van der Waals surface area contributed by atoms with Gasteiger partial charge in [0, 0.05) is 29.2 Å². The molecule has 1 heterocycles. The number of rotatable bonds is 4. The van der Waals surface area contributed by atoms with E-state index in [1.807, 2.05) is 31.2 Å². The molecule has 1 amide bonds. The third-order valence-electron chi connectivity index (χ3n) is 2.89. The van der Waals surface area contributed by atoms with E-state index >= 15 is 0 Å². The normalized spacial score (nSPS) is 10.8. The highest BCUT2D eigenvalue weighted by Crippen LogP contribution is 2.22. The predicted octanol–water partition coefficient (Wildman–Crippen LogP) is 1.33. The molecular formula is C13H17N3O2. The summed E-state index contributed by atoms with van der Waals surface area (Å²) in [5.74, 6) is 5.07. The molecule has 0 radical (unpaired) electrons. The molecule has 0 bridgehead atoms. The van der Waals surface area contributed by atoms with E-state index in [0.29, 0.717) is 6.61 Å². The first-order chi connectivity index (χ1) is 8.59. The number of hydrazine groups is 1. The second kappa shape index (κ2) is 5.20. The maximum Gasteiger partial charge on any atom is 0.262 e. The van der Waals surface area contributed by atoms with E-state index < -0.39 is 0 Å². The molecule has 0 aliphatic carbocycles. The Labute approximate surface area is 105 Å². The number of nitrogens with one attached hydrogen (secondary N) is 1. The third-order valence-corrected chi connectivity index (χ3v) is 2.89. The maximum absolute atomic E-state index is 11.3. The molecule has 0 aliphatic rings. The van der Waals surface area contributed by atoms with Crippen molar-refractivity contribution in [3.05, 3.63) is 35.5 Å². The molecule has 1 aromatic heterocycles. The number of aromatic nitrogens is 1. The molecule has 2 aromatic rings. The van der Waals surface area contributed by atoms with Crippen molar-refractivity contribution in [2.75, 3.05) is 13.7 Å². The van der Waals surface area contributed by atoms with E-state index in [4.69, 9.17) is 10.6 Å². The molecule has 0 spiro atoms. The van der Waals surface area contributed by atoms with Gasteiger partial charge in [-0.05, 0) is 13.0 Å². The van der Waals surface area contributed by atoms with Crippen molar-refractivity contribution < 1.29 is 9.53 Å². The van der Waals surface area contributed by atoms with E-state index in [9.17, 15) is 4.79 Å². The summed E-state index contributed by atoms with van der Waals surface area (Å²) >= 11 is 0. The molecule has 2 rings (SSSR count). The van der Waals surface area contributed by atoms with E-state index in [1.54, 1.807) is 0 Å². The van der Waals surface area contributed by atoms with Crippen LogP contribution in [0.15, 0.2) is 24.3 Å². The number of ether oxygens (including phenoxy) is 1. The van der Waals surface area contributed by atoms with Crippen molar-refractivity contribution in [2.45, 2.75) is 13.5 Å². The van der Waals surface area contributed by atoms with Crippen molar-refractivity contribution in [1.82, 2.24) is 9.99 Å². The summed E-state index contributed by atoms with van der Waals surface area (Å²) in [5, 5.41) is 2.16. The van der Waals surface area contributed by atoms with Crippen LogP contribution < -0.4 is 5.84 Å². The predicted molar refractivity (Wildman–Crippen MR) is 69.6 cm³/mol. The number of hydrogen-bond acceptors (Lipinski definition) is 3. The zero-order valence-electron chi connectivity index (χ0n) is 10.6. The number of carbonyl (C=O) groups is 1. The highest BCUT2D eigenvalue weighted by Gasteiger charge is 2.09. The highest BCUT2D eigenvalue weighted by molar-refractivity contribution is 5.84. The van der Waals surface area contributed by atoms with Crippen LogP contribution in [0.1, 0.15) is 11.3 Å². The number of aryl methyl sites for hydroxylation is 1. The van der Waals surface area contributed by atoms with Gasteiger partial charge in [-0.25, -0.2) is 5.84 Å². The van der Waals surface area contributed by atoms with Crippen molar-refractivity contribution >= 4 is 16.8 Å². The van der Waals surface area contributed by atoms with E-state index in [0.717, 1.165) is 27.2 Å². The van der Waals surface area contributed by atoms with Gasteiger partial charge in [0.25, 0.3) is 5.91 Å². The lowest BCUT2D eigenvalue weighted by Crippen LogP contribution is -2.35. The van der Waals surface area contributed by atoms with Gasteiger partial charge in [0.15, 0.2) is 0 Å². The Bertz CT molecular complexity index is 560. The van der Waals surface area contributed by atoms with Crippen LogP contribution in [0.5, 0.6) is 0 Å². The summed E-state index contributed by atoms with van der Waals surface area (Å²) < 4.78 is 5.40. The summed E-state index contributed by atoms with van der Waals surface area (Å²) in [5.41, 5.74) is 3.22. The molecular weight excluding hydrogens is 230 g/mol. The van der Waals surface area contributed by atoms with Crippen LogP contribution in [-0.4, -0.2) is 29.6 Å². The molecule has 0 atom stereocenters. The topological polar surface area (TPSA) is 71.4 Å². The lowest BCUT2D eigenvalue weighted by atomic mass is 10.1. The Morgan fingerprint density at radius 2 is 2.17 bits per heavy atom. The molecule has 96 valence electrons. The van der Waals surface area contributed by atoms with Crippen LogP contribution in [0.4, 0.5) is 0 Å². The van der Waals surface area contributed by atoms with Gasteiger partial charge >= 0.3 is 0 Å². The fourth-order valence-electron chi connectivity index (χ4n) is 1.86. The molecule has 0 unspecified atom stereocenters. The smallest absolute Gasteiger partial charge is 0.262 e. The van der Waals surface area contributed by atoms with E-state index in [-0.39, 0.29) is 12.5 Å². The summed E-state index contributed by atoms with van der Waals surface area (Å²) in [6.45, 7) is 2.39. The molecule has 5 nitrogen and oxygen atoms in total. The average molecular weight is 247 g/mol. The van der Waals surface area contributed by atoms with Gasteiger partial charge in [-0.2, -0.15) is 0 Å². The molecule has 0 saturated heterocycles. The number of aromatic amines is 1.